The highest BCUT2D eigenvalue weighted by Crippen LogP contribution is 2.29. The molecule has 5 heteroatoms. The number of aryl methyl sites for hydroxylation is 1. The molecule has 2 aromatic rings. The van der Waals surface area contributed by atoms with Crippen LogP contribution in [0, 0.1) is 0 Å². The monoisotopic (exact) mass is 272 g/mol. The minimum Gasteiger partial charge on any atom is -0.382 e. The van der Waals surface area contributed by atoms with Gasteiger partial charge in [-0.3, -0.25) is 10.1 Å². The van der Waals surface area contributed by atoms with E-state index in [1.807, 2.05) is 18.3 Å². The average molecular weight is 272 g/mol. The van der Waals surface area contributed by atoms with E-state index < -0.39 is 0 Å². The van der Waals surface area contributed by atoms with Crippen LogP contribution in [0.2, 0.25) is 0 Å². The van der Waals surface area contributed by atoms with E-state index in [2.05, 4.69) is 15.2 Å². The van der Waals surface area contributed by atoms with Gasteiger partial charge in [0.25, 0.3) is 0 Å². The van der Waals surface area contributed by atoms with Crippen LogP contribution in [0.25, 0.3) is 11.1 Å². The van der Waals surface area contributed by atoms with Gasteiger partial charge in [-0.1, -0.05) is 6.07 Å². The number of ether oxygens (including phenoxy) is 1. The minimum absolute atomic E-state index is 0.370. The van der Waals surface area contributed by atoms with Crippen molar-refractivity contribution >= 4 is 5.82 Å². The van der Waals surface area contributed by atoms with Gasteiger partial charge in [-0.05, 0) is 38.2 Å². The van der Waals surface area contributed by atoms with Gasteiger partial charge in [0.05, 0.1) is 6.10 Å². The van der Waals surface area contributed by atoms with E-state index in [1.54, 1.807) is 6.20 Å². The Bertz CT molecular complexity index is 546. The molecule has 3 N–H and O–H groups in total. The van der Waals surface area contributed by atoms with E-state index in [9.17, 15) is 0 Å². The van der Waals surface area contributed by atoms with Crippen molar-refractivity contribution in [2.45, 2.75) is 38.2 Å². The highest BCUT2D eigenvalue weighted by atomic mass is 16.5. The molecule has 0 aliphatic carbocycles. The summed E-state index contributed by atoms with van der Waals surface area (Å²) >= 11 is 0. The summed E-state index contributed by atoms with van der Waals surface area (Å²) in [4.78, 5) is 4.15. The van der Waals surface area contributed by atoms with Gasteiger partial charge in [0.1, 0.15) is 0 Å². The number of nitrogens with one attached hydrogen (secondary N) is 1. The molecule has 0 radical (unpaired) electrons. The summed E-state index contributed by atoms with van der Waals surface area (Å²) in [6.45, 7) is 0.894. The number of aromatic nitrogens is 3. The van der Waals surface area contributed by atoms with Crippen molar-refractivity contribution in [1.82, 2.24) is 15.2 Å². The highest BCUT2D eigenvalue weighted by molar-refractivity contribution is 5.75. The summed E-state index contributed by atoms with van der Waals surface area (Å²) in [5, 5.41) is 7.19. The molecular formula is C15H20N4O. The molecule has 0 saturated carbocycles. The molecule has 0 amide bonds. The van der Waals surface area contributed by atoms with Crippen molar-refractivity contribution in [3.8, 4) is 11.1 Å². The van der Waals surface area contributed by atoms with Crippen LogP contribution >= 0.6 is 0 Å². The third kappa shape index (κ3) is 2.82. The molecule has 1 aliphatic rings. The predicted octanol–water partition coefficient (Wildman–Crippen LogP) is 2.56. The molecule has 1 unspecified atom stereocenters. The molecule has 20 heavy (non-hydrogen) atoms. The Morgan fingerprint density at radius 2 is 2.35 bits per heavy atom. The minimum atomic E-state index is 0.370. The number of anilines is 1. The maximum atomic E-state index is 5.98. The van der Waals surface area contributed by atoms with Crippen LogP contribution in [-0.2, 0) is 11.2 Å². The Kier molecular flexibility index (Phi) is 3.97. The lowest BCUT2D eigenvalue weighted by molar-refractivity contribution is 0.0114. The lowest BCUT2D eigenvalue weighted by Gasteiger charge is -2.22. The summed E-state index contributed by atoms with van der Waals surface area (Å²) in [5.41, 5.74) is 9.05. The summed E-state index contributed by atoms with van der Waals surface area (Å²) in [6.07, 6.45) is 9.48. The fourth-order valence-corrected chi connectivity index (χ4v) is 2.75. The normalized spacial score (nSPS) is 19.1. The number of nitrogens with two attached hydrogens (primary N) is 1. The molecule has 5 nitrogen and oxygen atoms in total. The molecule has 0 aromatic carbocycles. The van der Waals surface area contributed by atoms with Crippen molar-refractivity contribution in [3.05, 3.63) is 30.2 Å². The molecule has 106 valence electrons. The number of nitrogen functional groups attached to an aromatic ring is 1. The first kappa shape index (κ1) is 13.1. The van der Waals surface area contributed by atoms with Crippen molar-refractivity contribution in [2.24, 2.45) is 0 Å². The number of rotatable bonds is 4. The molecule has 2 aromatic heterocycles. The number of aromatic amines is 1. The quantitative estimate of drug-likeness (QED) is 0.896. The van der Waals surface area contributed by atoms with Gasteiger partial charge in [-0.2, -0.15) is 5.10 Å². The Morgan fingerprint density at radius 1 is 1.40 bits per heavy atom. The van der Waals surface area contributed by atoms with Gasteiger partial charge >= 0.3 is 0 Å². The SMILES string of the molecule is Nc1n[nH]c(CCC2CCCCO2)c1-c1cccnc1. The van der Waals surface area contributed by atoms with Crippen LogP contribution in [0.5, 0.6) is 0 Å². The third-order valence-electron chi connectivity index (χ3n) is 3.81. The van der Waals surface area contributed by atoms with E-state index in [0.29, 0.717) is 11.9 Å². The number of pyridine rings is 1. The van der Waals surface area contributed by atoms with Gasteiger partial charge in [0, 0.05) is 35.8 Å². The smallest absolute Gasteiger partial charge is 0.153 e. The van der Waals surface area contributed by atoms with E-state index in [4.69, 9.17) is 10.5 Å². The van der Waals surface area contributed by atoms with Crippen LogP contribution in [0.4, 0.5) is 5.82 Å². The van der Waals surface area contributed by atoms with Gasteiger partial charge in [0.2, 0.25) is 0 Å². The molecule has 1 atom stereocenters. The first-order chi connectivity index (χ1) is 9.84. The lowest BCUT2D eigenvalue weighted by atomic mass is 10.00. The number of H-pyrrole nitrogens is 1. The van der Waals surface area contributed by atoms with E-state index >= 15 is 0 Å². The second kappa shape index (κ2) is 6.05. The summed E-state index contributed by atoms with van der Waals surface area (Å²) in [5.74, 6) is 0.539. The zero-order valence-corrected chi connectivity index (χ0v) is 11.5. The van der Waals surface area contributed by atoms with Crippen molar-refractivity contribution in [3.63, 3.8) is 0 Å². The number of hydrogen-bond acceptors (Lipinski definition) is 4. The highest BCUT2D eigenvalue weighted by Gasteiger charge is 2.17. The Morgan fingerprint density at radius 3 is 3.10 bits per heavy atom. The maximum Gasteiger partial charge on any atom is 0.153 e. The molecule has 0 spiro atoms. The Hall–Kier alpha value is -1.88. The predicted molar refractivity (Wildman–Crippen MR) is 78.1 cm³/mol. The maximum absolute atomic E-state index is 5.98. The fraction of sp³-hybridized carbons (Fsp3) is 0.467. The molecule has 3 heterocycles. The van der Waals surface area contributed by atoms with Crippen LogP contribution in [0.3, 0.4) is 0 Å². The molecule has 3 rings (SSSR count). The second-order valence-electron chi connectivity index (χ2n) is 5.23. The van der Waals surface area contributed by atoms with Gasteiger partial charge in [0.15, 0.2) is 5.82 Å². The van der Waals surface area contributed by atoms with Crippen LogP contribution < -0.4 is 5.73 Å². The van der Waals surface area contributed by atoms with Gasteiger partial charge < -0.3 is 10.5 Å². The zero-order chi connectivity index (χ0) is 13.8. The van der Waals surface area contributed by atoms with E-state index in [0.717, 1.165) is 42.7 Å². The Balaban J connectivity index is 1.74. The molecular weight excluding hydrogens is 252 g/mol. The average Bonchev–Trinajstić information content (AvgIpc) is 2.88. The van der Waals surface area contributed by atoms with Crippen LogP contribution in [0.15, 0.2) is 24.5 Å². The first-order valence-corrected chi connectivity index (χ1v) is 7.19. The molecule has 1 fully saturated rings. The lowest BCUT2D eigenvalue weighted by Crippen LogP contribution is -2.19. The van der Waals surface area contributed by atoms with E-state index in [1.165, 1.54) is 12.8 Å². The Labute approximate surface area is 118 Å². The molecule has 1 aliphatic heterocycles. The fourth-order valence-electron chi connectivity index (χ4n) is 2.75. The van der Waals surface area contributed by atoms with Crippen molar-refractivity contribution in [1.29, 1.82) is 0 Å². The van der Waals surface area contributed by atoms with Gasteiger partial charge in [-0.25, -0.2) is 0 Å². The number of nitrogens with zero attached hydrogens (tertiary/aromatic N) is 2. The van der Waals surface area contributed by atoms with Crippen molar-refractivity contribution < 1.29 is 4.74 Å². The standard InChI is InChI=1S/C15H20N4O/c16-15-14(11-4-3-8-17-10-11)13(18-19-15)7-6-12-5-1-2-9-20-12/h3-4,8,10,12H,1-2,5-7,9H2,(H3,16,18,19). The van der Waals surface area contributed by atoms with E-state index in [-0.39, 0.29) is 0 Å². The third-order valence-corrected chi connectivity index (χ3v) is 3.81. The zero-order valence-electron chi connectivity index (χ0n) is 11.5. The van der Waals surface area contributed by atoms with Crippen LogP contribution in [-0.4, -0.2) is 27.9 Å². The van der Waals surface area contributed by atoms with Crippen LogP contribution in [0.1, 0.15) is 31.4 Å². The topological polar surface area (TPSA) is 76.8 Å². The van der Waals surface area contributed by atoms with Gasteiger partial charge in [-0.15, -0.1) is 0 Å². The largest absolute Gasteiger partial charge is 0.382 e. The van der Waals surface area contributed by atoms with Crippen molar-refractivity contribution in [2.75, 3.05) is 12.3 Å². The number of hydrogen-bond donors (Lipinski definition) is 2. The summed E-state index contributed by atoms with van der Waals surface area (Å²) in [7, 11) is 0. The summed E-state index contributed by atoms with van der Waals surface area (Å²) < 4.78 is 5.77. The summed E-state index contributed by atoms with van der Waals surface area (Å²) in [6, 6.07) is 3.92. The first-order valence-electron chi connectivity index (χ1n) is 7.19. The second-order valence-corrected chi connectivity index (χ2v) is 5.23. The molecule has 0 bridgehead atoms. The molecule has 1 saturated heterocycles.